The number of thioether (sulfide) groups is 1. The zero-order chi connectivity index (χ0) is 24.8. The van der Waals surface area contributed by atoms with E-state index in [0.29, 0.717) is 12.1 Å². The Kier molecular flexibility index (Phi) is 7.87. The molecule has 0 spiro atoms. The summed E-state index contributed by atoms with van der Waals surface area (Å²) in [5.41, 5.74) is 3.39. The van der Waals surface area contributed by atoms with E-state index < -0.39 is 11.6 Å². The fourth-order valence-electron chi connectivity index (χ4n) is 4.85. The second kappa shape index (κ2) is 11.0. The molecule has 0 aromatic heterocycles. The predicted octanol–water partition coefficient (Wildman–Crippen LogP) is 4.86. The first-order chi connectivity index (χ1) is 16.9. The number of hydrogen-bond donors (Lipinski definition) is 4. The summed E-state index contributed by atoms with van der Waals surface area (Å²) in [6.45, 7) is 0. The SMILES string of the molecule is COc1ccc(CCC2(C3CCCC3)CC(O)=C(SC(=Nc3ccc(O)cc3)NN)C(=O)O2)cc1. The van der Waals surface area contributed by atoms with Crippen molar-refractivity contribution in [1.82, 2.24) is 5.43 Å². The van der Waals surface area contributed by atoms with Crippen LogP contribution in [-0.4, -0.2) is 34.1 Å². The van der Waals surface area contributed by atoms with Crippen LogP contribution >= 0.6 is 11.8 Å². The number of aliphatic imine (C=N–C) groups is 1. The van der Waals surface area contributed by atoms with Crippen molar-refractivity contribution in [1.29, 1.82) is 0 Å². The van der Waals surface area contributed by atoms with Crippen LogP contribution in [0, 0.1) is 5.92 Å². The number of methoxy groups -OCH3 is 1. The molecule has 8 nitrogen and oxygen atoms in total. The number of benzene rings is 2. The molecule has 186 valence electrons. The first-order valence-corrected chi connectivity index (χ1v) is 12.5. The van der Waals surface area contributed by atoms with Crippen LogP contribution in [0.5, 0.6) is 11.5 Å². The van der Waals surface area contributed by atoms with E-state index in [4.69, 9.17) is 15.3 Å². The monoisotopic (exact) mass is 497 g/mol. The van der Waals surface area contributed by atoms with E-state index in [9.17, 15) is 15.0 Å². The zero-order valence-corrected chi connectivity index (χ0v) is 20.5. The summed E-state index contributed by atoms with van der Waals surface area (Å²) in [6.07, 6.45) is 5.76. The molecular formula is C26H31N3O5S. The van der Waals surface area contributed by atoms with Gasteiger partial charge >= 0.3 is 5.97 Å². The molecule has 1 heterocycles. The van der Waals surface area contributed by atoms with Gasteiger partial charge < -0.3 is 25.1 Å². The number of ether oxygens (including phenoxy) is 2. The van der Waals surface area contributed by atoms with Crippen LogP contribution in [0.2, 0.25) is 0 Å². The molecule has 35 heavy (non-hydrogen) atoms. The molecule has 1 atom stereocenters. The van der Waals surface area contributed by atoms with Gasteiger partial charge in [-0.25, -0.2) is 15.6 Å². The Balaban J connectivity index is 1.54. The second-order valence-electron chi connectivity index (χ2n) is 8.92. The number of nitrogens with zero attached hydrogens (tertiary/aromatic N) is 1. The van der Waals surface area contributed by atoms with Crippen molar-refractivity contribution in [2.75, 3.05) is 7.11 Å². The van der Waals surface area contributed by atoms with E-state index in [1.807, 2.05) is 24.3 Å². The molecule has 1 fully saturated rings. The highest BCUT2D eigenvalue weighted by atomic mass is 32.2. The Labute approximate surface area is 209 Å². The molecule has 9 heteroatoms. The van der Waals surface area contributed by atoms with Crippen LogP contribution in [0.1, 0.15) is 44.1 Å². The molecule has 1 aliphatic carbocycles. The summed E-state index contributed by atoms with van der Waals surface area (Å²) in [5.74, 6) is 6.19. The molecule has 1 unspecified atom stereocenters. The molecule has 0 bridgehead atoms. The number of aryl methyl sites for hydroxylation is 1. The van der Waals surface area contributed by atoms with Crippen LogP contribution < -0.4 is 16.0 Å². The molecule has 4 rings (SSSR count). The van der Waals surface area contributed by atoms with E-state index in [-0.39, 0.29) is 33.9 Å². The predicted molar refractivity (Wildman–Crippen MR) is 136 cm³/mol. The molecular weight excluding hydrogens is 466 g/mol. The van der Waals surface area contributed by atoms with E-state index in [1.54, 1.807) is 19.2 Å². The van der Waals surface area contributed by atoms with Gasteiger partial charge in [0.1, 0.15) is 27.8 Å². The molecule has 0 radical (unpaired) electrons. The standard InChI is InChI=1S/C26H31N3O5S/c1-33-21-12-6-17(7-13-21)14-15-26(18-4-2-3-5-18)16-22(31)23(24(32)34-26)35-25(29-27)28-19-8-10-20(30)11-9-19/h6-13,18,30-31H,2-5,14-16,27H2,1H3,(H,28,29). The van der Waals surface area contributed by atoms with Gasteiger partial charge in [0, 0.05) is 6.42 Å². The Morgan fingerprint density at radius 3 is 2.46 bits per heavy atom. The normalized spacial score (nSPS) is 21.2. The van der Waals surface area contributed by atoms with Gasteiger partial charge in [0.15, 0.2) is 5.17 Å². The molecule has 2 aliphatic rings. The minimum absolute atomic E-state index is 0.00142. The summed E-state index contributed by atoms with van der Waals surface area (Å²) < 4.78 is 11.4. The number of phenolic OH excluding ortho intramolecular Hbond substituents is 1. The summed E-state index contributed by atoms with van der Waals surface area (Å²) in [6, 6.07) is 14.1. The highest BCUT2D eigenvalue weighted by molar-refractivity contribution is 8.17. The van der Waals surface area contributed by atoms with Crippen molar-refractivity contribution in [2.24, 2.45) is 16.8 Å². The summed E-state index contributed by atoms with van der Waals surface area (Å²) in [7, 11) is 1.64. The van der Waals surface area contributed by atoms with Crippen molar-refractivity contribution in [3.05, 3.63) is 64.8 Å². The molecule has 1 aliphatic heterocycles. The number of amidine groups is 1. The van der Waals surface area contributed by atoms with E-state index in [1.165, 1.54) is 12.1 Å². The average molecular weight is 498 g/mol. The van der Waals surface area contributed by atoms with Crippen LogP contribution in [0.4, 0.5) is 5.69 Å². The number of aromatic hydroxyl groups is 1. The first-order valence-electron chi connectivity index (χ1n) is 11.7. The summed E-state index contributed by atoms with van der Waals surface area (Å²) in [5, 5.41) is 20.7. The number of hydrazine groups is 1. The highest BCUT2D eigenvalue weighted by Gasteiger charge is 2.48. The number of esters is 1. The van der Waals surface area contributed by atoms with Crippen molar-refractivity contribution in [2.45, 2.75) is 50.5 Å². The lowest BCUT2D eigenvalue weighted by Crippen LogP contribution is -2.46. The fourth-order valence-corrected chi connectivity index (χ4v) is 5.56. The first kappa shape index (κ1) is 24.9. The molecule has 2 aromatic rings. The number of nitrogens with two attached hydrogens (primary N) is 1. The molecule has 0 amide bonds. The van der Waals surface area contributed by atoms with Crippen LogP contribution in [-0.2, 0) is 16.0 Å². The number of carbonyl (C=O) groups excluding carboxylic acids is 1. The molecule has 5 N–H and O–H groups in total. The van der Waals surface area contributed by atoms with Crippen molar-refractivity contribution >= 4 is 28.6 Å². The molecule has 2 aromatic carbocycles. The van der Waals surface area contributed by atoms with Gasteiger partial charge in [0.05, 0.1) is 12.8 Å². The minimum Gasteiger partial charge on any atom is -0.511 e. The summed E-state index contributed by atoms with van der Waals surface area (Å²) >= 11 is 0.935. The van der Waals surface area contributed by atoms with Crippen molar-refractivity contribution in [3.8, 4) is 11.5 Å². The molecule has 0 saturated heterocycles. The topological polar surface area (TPSA) is 126 Å². The zero-order valence-electron chi connectivity index (χ0n) is 19.7. The number of aliphatic hydroxyl groups excluding tert-OH is 1. The number of hydrogen-bond acceptors (Lipinski definition) is 8. The Hall–Kier alpha value is -3.17. The van der Waals surface area contributed by atoms with Crippen molar-refractivity contribution in [3.63, 3.8) is 0 Å². The van der Waals surface area contributed by atoms with E-state index in [2.05, 4.69) is 10.4 Å². The van der Waals surface area contributed by atoms with E-state index in [0.717, 1.165) is 55.2 Å². The van der Waals surface area contributed by atoms with Crippen LogP contribution in [0.25, 0.3) is 0 Å². The lowest BCUT2D eigenvalue weighted by molar-refractivity contribution is -0.166. The number of rotatable bonds is 7. The average Bonchev–Trinajstić information content (AvgIpc) is 3.42. The molecule has 1 saturated carbocycles. The Morgan fingerprint density at radius 1 is 1.17 bits per heavy atom. The minimum atomic E-state index is -0.744. The maximum Gasteiger partial charge on any atom is 0.349 e. The van der Waals surface area contributed by atoms with Gasteiger partial charge in [-0.2, -0.15) is 0 Å². The quantitative estimate of drug-likeness (QED) is 0.140. The lowest BCUT2D eigenvalue weighted by atomic mass is 9.77. The third-order valence-corrected chi connectivity index (χ3v) is 7.72. The van der Waals surface area contributed by atoms with Gasteiger partial charge in [0.2, 0.25) is 0 Å². The third kappa shape index (κ3) is 5.91. The Morgan fingerprint density at radius 2 is 1.86 bits per heavy atom. The fraction of sp³-hybridized carbons (Fsp3) is 0.385. The highest BCUT2D eigenvalue weighted by Crippen LogP contribution is 2.47. The maximum absolute atomic E-state index is 13.2. The maximum atomic E-state index is 13.2. The lowest BCUT2D eigenvalue weighted by Gasteiger charge is -2.41. The van der Waals surface area contributed by atoms with Gasteiger partial charge in [-0.3, -0.25) is 0 Å². The van der Waals surface area contributed by atoms with Crippen LogP contribution in [0.3, 0.4) is 0 Å². The van der Waals surface area contributed by atoms with Crippen LogP contribution in [0.15, 0.2) is 64.2 Å². The Bertz CT molecular complexity index is 1090. The number of aliphatic hydroxyl groups is 1. The number of nitrogens with one attached hydrogen (secondary N) is 1. The number of cyclic esters (lactones) is 1. The smallest absolute Gasteiger partial charge is 0.349 e. The third-order valence-electron chi connectivity index (χ3n) is 6.71. The number of carbonyl (C=O) groups is 1. The van der Waals surface area contributed by atoms with Gasteiger partial charge in [-0.05, 0) is 85.3 Å². The number of phenols is 1. The largest absolute Gasteiger partial charge is 0.511 e. The van der Waals surface area contributed by atoms with Gasteiger partial charge in [-0.15, -0.1) is 0 Å². The van der Waals surface area contributed by atoms with E-state index >= 15 is 0 Å². The summed E-state index contributed by atoms with van der Waals surface area (Å²) in [4.78, 5) is 17.6. The van der Waals surface area contributed by atoms with Crippen molar-refractivity contribution < 1.29 is 24.5 Å². The van der Waals surface area contributed by atoms with Gasteiger partial charge in [0.25, 0.3) is 0 Å². The second-order valence-corrected chi connectivity index (χ2v) is 9.92. The van der Waals surface area contributed by atoms with Gasteiger partial charge in [-0.1, -0.05) is 25.0 Å².